The number of carbonyl (C=O) groups excluding carboxylic acids is 1. The van der Waals surface area contributed by atoms with Gasteiger partial charge in [-0.05, 0) is 55.5 Å². The Kier molecular flexibility index (Phi) is 6.03. The molecular formula is C19H20N4O5S. The number of aromatic amines is 1. The predicted molar refractivity (Wildman–Crippen MR) is 108 cm³/mol. The number of methoxy groups -OCH3 is 1. The van der Waals surface area contributed by atoms with Crippen LogP contribution in [0.2, 0.25) is 0 Å². The van der Waals surface area contributed by atoms with E-state index in [1.807, 2.05) is 6.92 Å². The lowest BCUT2D eigenvalue weighted by molar-refractivity contribution is 0.102. The van der Waals surface area contributed by atoms with Crippen molar-refractivity contribution in [3.63, 3.8) is 0 Å². The average Bonchev–Trinajstić information content (AvgIpc) is 3.21. The number of ether oxygens (including phenoxy) is 2. The fraction of sp³-hybridized carbons (Fsp3) is 0.158. The normalized spacial score (nSPS) is 11.0. The molecule has 0 aliphatic heterocycles. The SMILES string of the molecule is CCOc1ccc(NS(=O)(=O)c2[nH]ncc2C(=O)Nc2ccc(OC)cc2)cc1. The van der Waals surface area contributed by atoms with Crippen molar-refractivity contribution in [2.24, 2.45) is 0 Å². The maximum atomic E-state index is 12.7. The minimum atomic E-state index is -4.06. The molecule has 0 spiro atoms. The van der Waals surface area contributed by atoms with Crippen molar-refractivity contribution in [2.45, 2.75) is 11.9 Å². The summed E-state index contributed by atoms with van der Waals surface area (Å²) in [4.78, 5) is 12.6. The fourth-order valence-electron chi connectivity index (χ4n) is 2.51. The molecule has 3 aromatic rings. The predicted octanol–water partition coefficient (Wildman–Crippen LogP) is 2.87. The number of anilines is 2. The Hall–Kier alpha value is -3.53. The molecule has 0 aliphatic carbocycles. The zero-order valence-corrected chi connectivity index (χ0v) is 16.6. The van der Waals surface area contributed by atoms with E-state index >= 15 is 0 Å². The number of amides is 1. The van der Waals surface area contributed by atoms with E-state index in [9.17, 15) is 13.2 Å². The van der Waals surface area contributed by atoms with Crippen LogP contribution in [0.4, 0.5) is 11.4 Å². The number of aromatic nitrogens is 2. The van der Waals surface area contributed by atoms with Crippen LogP contribution in [0.1, 0.15) is 17.3 Å². The Labute approximate surface area is 168 Å². The van der Waals surface area contributed by atoms with E-state index in [1.54, 1.807) is 48.5 Å². The second-order valence-electron chi connectivity index (χ2n) is 5.86. The first-order valence-corrected chi connectivity index (χ1v) is 10.2. The fourth-order valence-corrected chi connectivity index (χ4v) is 3.66. The summed E-state index contributed by atoms with van der Waals surface area (Å²) in [6, 6.07) is 13.1. The lowest BCUT2D eigenvalue weighted by Gasteiger charge is -2.10. The van der Waals surface area contributed by atoms with Crippen molar-refractivity contribution in [1.29, 1.82) is 0 Å². The van der Waals surface area contributed by atoms with Crippen molar-refractivity contribution in [2.75, 3.05) is 23.8 Å². The highest BCUT2D eigenvalue weighted by Gasteiger charge is 2.25. The molecule has 0 unspecified atom stereocenters. The summed E-state index contributed by atoms with van der Waals surface area (Å²) in [5, 5.41) is 8.38. The van der Waals surface area contributed by atoms with Crippen LogP contribution in [0.3, 0.4) is 0 Å². The molecule has 3 N–H and O–H groups in total. The second-order valence-corrected chi connectivity index (χ2v) is 7.48. The van der Waals surface area contributed by atoms with E-state index in [-0.39, 0.29) is 10.6 Å². The van der Waals surface area contributed by atoms with Crippen LogP contribution in [0, 0.1) is 0 Å². The number of hydrogen-bond donors (Lipinski definition) is 3. The number of sulfonamides is 1. The minimum absolute atomic E-state index is 0.112. The molecule has 2 aromatic carbocycles. The maximum Gasteiger partial charge on any atom is 0.279 e. The van der Waals surface area contributed by atoms with Crippen LogP contribution in [0.15, 0.2) is 59.8 Å². The zero-order chi connectivity index (χ0) is 20.9. The molecule has 0 bridgehead atoms. The molecule has 1 heterocycles. The largest absolute Gasteiger partial charge is 0.497 e. The Morgan fingerprint density at radius 2 is 1.66 bits per heavy atom. The van der Waals surface area contributed by atoms with E-state index in [0.29, 0.717) is 29.5 Å². The van der Waals surface area contributed by atoms with Crippen LogP contribution in [0.25, 0.3) is 0 Å². The molecule has 0 aliphatic rings. The number of rotatable bonds is 8. The van der Waals surface area contributed by atoms with Crippen LogP contribution >= 0.6 is 0 Å². The molecule has 9 nitrogen and oxygen atoms in total. The van der Waals surface area contributed by atoms with Gasteiger partial charge in [0.05, 0.1) is 25.5 Å². The zero-order valence-electron chi connectivity index (χ0n) is 15.8. The van der Waals surface area contributed by atoms with Gasteiger partial charge in [0, 0.05) is 11.4 Å². The van der Waals surface area contributed by atoms with Gasteiger partial charge in [-0.3, -0.25) is 14.6 Å². The number of nitrogens with one attached hydrogen (secondary N) is 3. The molecule has 0 saturated carbocycles. The number of carbonyl (C=O) groups is 1. The third-order valence-corrected chi connectivity index (χ3v) is 5.24. The topological polar surface area (TPSA) is 122 Å². The van der Waals surface area contributed by atoms with E-state index < -0.39 is 15.9 Å². The molecule has 1 amide bonds. The van der Waals surface area contributed by atoms with Crippen molar-refractivity contribution in [3.05, 3.63) is 60.3 Å². The Morgan fingerprint density at radius 3 is 2.28 bits per heavy atom. The quantitative estimate of drug-likeness (QED) is 0.519. The molecule has 0 fully saturated rings. The van der Waals surface area contributed by atoms with Gasteiger partial charge in [-0.25, -0.2) is 0 Å². The minimum Gasteiger partial charge on any atom is -0.497 e. The van der Waals surface area contributed by atoms with E-state index in [0.717, 1.165) is 6.20 Å². The highest BCUT2D eigenvalue weighted by Crippen LogP contribution is 2.22. The molecule has 10 heteroatoms. The first kappa shape index (κ1) is 20.2. The lowest BCUT2D eigenvalue weighted by Crippen LogP contribution is -2.19. The van der Waals surface area contributed by atoms with Crippen molar-refractivity contribution < 1.29 is 22.7 Å². The Bertz CT molecular complexity index is 1080. The summed E-state index contributed by atoms with van der Waals surface area (Å²) in [5.74, 6) is 0.640. The van der Waals surface area contributed by atoms with E-state index in [2.05, 4.69) is 20.2 Å². The molecule has 1 aromatic heterocycles. The van der Waals surface area contributed by atoms with Crippen LogP contribution < -0.4 is 19.5 Å². The summed E-state index contributed by atoms with van der Waals surface area (Å²) in [5.41, 5.74) is 0.698. The van der Waals surface area contributed by atoms with Gasteiger partial charge < -0.3 is 14.8 Å². The summed E-state index contributed by atoms with van der Waals surface area (Å²) in [6.45, 7) is 2.36. The van der Waals surface area contributed by atoms with Crippen molar-refractivity contribution in [1.82, 2.24) is 10.2 Å². The van der Waals surface area contributed by atoms with Crippen LogP contribution in [-0.2, 0) is 10.0 Å². The molecular weight excluding hydrogens is 396 g/mol. The number of nitrogens with zero attached hydrogens (tertiary/aromatic N) is 1. The highest BCUT2D eigenvalue weighted by molar-refractivity contribution is 7.92. The summed E-state index contributed by atoms with van der Waals surface area (Å²) < 4.78 is 38.3. The van der Waals surface area contributed by atoms with E-state index in [1.165, 1.54) is 7.11 Å². The monoisotopic (exact) mass is 416 g/mol. The molecule has 3 rings (SSSR count). The lowest BCUT2D eigenvalue weighted by atomic mass is 10.2. The van der Waals surface area contributed by atoms with Gasteiger partial charge in [-0.15, -0.1) is 0 Å². The van der Waals surface area contributed by atoms with Crippen LogP contribution in [-0.4, -0.2) is 38.2 Å². The average molecular weight is 416 g/mol. The standard InChI is InChI=1S/C19H20N4O5S/c1-3-28-16-10-6-14(7-11-16)23-29(25,26)19-17(12-20-22-19)18(24)21-13-4-8-15(27-2)9-5-13/h4-12,23H,3H2,1-2H3,(H,20,22)(H,21,24). The van der Waals surface area contributed by atoms with Gasteiger partial charge in [0.2, 0.25) is 0 Å². The van der Waals surface area contributed by atoms with Gasteiger partial charge >= 0.3 is 0 Å². The van der Waals surface area contributed by atoms with Gasteiger partial charge in [-0.2, -0.15) is 13.5 Å². The first-order valence-electron chi connectivity index (χ1n) is 8.67. The van der Waals surface area contributed by atoms with E-state index in [4.69, 9.17) is 9.47 Å². The third-order valence-electron chi connectivity index (χ3n) is 3.88. The van der Waals surface area contributed by atoms with Gasteiger partial charge in [0.1, 0.15) is 11.5 Å². The van der Waals surface area contributed by atoms with Crippen LogP contribution in [0.5, 0.6) is 11.5 Å². The maximum absolute atomic E-state index is 12.7. The Morgan fingerprint density at radius 1 is 1.03 bits per heavy atom. The molecule has 0 radical (unpaired) electrons. The van der Waals surface area contributed by atoms with Gasteiger partial charge in [-0.1, -0.05) is 0 Å². The molecule has 152 valence electrons. The van der Waals surface area contributed by atoms with Crippen molar-refractivity contribution >= 4 is 27.3 Å². The molecule has 0 atom stereocenters. The second kappa shape index (κ2) is 8.65. The number of benzene rings is 2. The summed E-state index contributed by atoms with van der Waals surface area (Å²) >= 11 is 0. The summed E-state index contributed by atoms with van der Waals surface area (Å²) in [6.07, 6.45) is 1.16. The first-order chi connectivity index (χ1) is 13.9. The summed E-state index contributed by atoms with van der Waals surface area (Å²) in [7, 11) is -2.53. The van der Waals surface area contributed by atoms with Crippen molar-refractivity contribution in [3.8, 4) is 11.5 Å². The Balaban J connectivity index is 1.77. The molecule has 0 saturated heterocycles. The number of H-pyrrole nitrogens is 1. The van der Waals surface area contributed by atoms with Gasteiger partial charge in [0.25, 0.3) is 15.9 Å². The smallest absolute Gasteiger partial charge is 0.279 e. The van der Waals surface area contributed by atoms with Gasteiger partial charge in [0.15, 0.2) is 5.03 Å². The molecule has 29 heavy (non-hydrogen) atoms. The highest BCUT2D eigenvalue weighted by atomic mass is 32.2. The number of hydrogen-bond acceptors (Lipinski definition) is 6. The third kappa shape index (κ3) is 4.85.